The molecule has 0 atom stereocenters. The van der Waals surface area contributed by atoms with Crippen molar-refractivity contribution in [2.24, 2.45) is 5.92 Å². The normalized spacial score (nSPS) is 21.2. The minimum atomic E-state index is -4.62. The second-order valence-corrected chi connectivity index (χ2v) is 9.11. The van der Waals surface area contributed by atoms with Crippen LogP contribution in [0.3, 0.4) is 0 Å². The van der Waals surface area contributed by atoms with Crippen molar-refractivity contribution in [3.63, 3.8) is 0 Å². The van der Waals surface area contributed by atoms with Crippen LogP contribution in [0.5, 0.6) is 5.75 Å². The minimum Gasteiger partial charge on any atom is -0.488 e. The lowest BCUT2D eigenvalue weighted by Crippen LogP contribution is -2.17. The first kappa shape index (κ1) is 21.7. The molecule has 1 N–H and O–H groups in total. The second-order valence-electron chi connectivity index (χ2n) is 9.11. The lowest BCUT2D eigenvalue weighted by molar-refractivity contribution is -0.141. The molecule has 0 spiro atoms. The van der Waals surface area contributed by atoms with E-state index in [1.54, 1.807) is 12.1 Å². The third kappa shape index (κ3) is 4.82. The average molecular weight is 458 g/mol. The van der Waals surface area contributed by atoms with Gasteiger partial charge in [-0.15, -0.1) is 0 Å². The van der Waals surface area contributed by atoms with Crippen LogP contribution in [0.15, 0.2) is 36.5 Å². The maximum atomic E-state index is 13.0. The van der Waals surface area contributed by atoms with Crippen molar-refractivity contribution < 1.29 is 22.7 Å². The van der Waals surface area contributed by atoms with Crippen molar-refractivity contribution in [2.45, 2.75) is 63.8 Å². The Labute approximate surface area is 189 Å². The Balaban J connectivity index is 1.44. The molecule has 2 aliphatic rings. The lowest BCUT2D eigenvalue weighted by Gasteiger charge is -2.26. The van der Waals surface area contributed by atoms with Crippen LogP contribution in [0.2, 0.25) is 0 Å². The van der Waals surface area contributed by atoms with Gasteiger partial charge < -0.3 is 10.1 Å². The molecule has 0 saturated heterocycles. The number of alkyl halides is 3. The number of aromatic nitrogens is 3. The molecule has 9 heteroatoms. The number of fused-ring (bicyclic) bond motifs is 1. The third-order valence-electron chi connectivity index (χ3n) is 6.32. The zero-order valence-electron chi connectivity index (χ0n) is 18.2. The van der Waals surface area contributed by atoms with E-state index in [1.165, 1.54) is 25.0 Å². The van der Waals surface area contributed by atoms with E-state index in [4.69, 9.17) is 9.84 Å². The van der Waals surface area contributed by atoms with Gasteiger partial charge in [0.05, 0.1) is 23.3 Å². The summed E-state index contributed by atoms with van der Waals surface area (Å²) < 4.78 is 47.0. The molecule has 0 bridgehead atoms. The van der Waals surface area contributed by atoms with Gasteiger partial charge in [0.1, 0.15) is 17.1 Å². The molecule has 3 aromatic rings. The summed E-state index contributed by atoms with van der Waals surface area (Å²) in [6, 6.07) is 7.18. The number of nitrogens with one attached hydrogen (secondary N) is 1. The number of carbonyl (C=O) groups is 1. The van der Waals surface area contributed by atoms with Crippen molar-refractivity contribution in [3.05, 3.63) is 47.9 Å². The predicted molar refractivity (Wildman–Crippen MR) is 117 cm³/mol. The maximum Gasteiger partial charge on any atom is 0.433 e. The van der Waals surface area contributed by atoms with E-state index in [1.807, 2.05) is 10.9 Å². The van der Waals surface area contributed by atoms with Gasteiger partial charge in [-0.2, -0.15) is 18.3 Å². The number of rotatable bonds is 5. The molecule has 0 unspecified atom stereocenters. The van der Waals surface area contributed by atoms with Crippen molar-refractivity contribution >= 4 is 22.5 Å². The van der Waals surface area contributed by atoms with Gasteiger partial charge in [-0.05, 0) is 62.6 Å². The molecule has 0 radical (unpaired) electrons. The number of carbonyl (C=O) groups excluding carboxylic acids is 1. The van der Waals surface area contributed by atoms with Gasteiger partial charge in [-0.25, -0.2) is 4.98 Å². The fraction of sp³-hybridized carbons (Fsp3) is 0.458. The van der Waals surface area contributed by atoms with Gasteiger partial charge in [0.25, 0.3) is 5.91 Å². The summed E-state index contributed by atoms with van der Waals surface area (Å²) in [5.74, 6) is 0.471. The largest absolute Gasteiger partial charge is 0.488 e. The summed E-state index contributed by atoms with van der Waals surface area (Å²) in [7, 11) is 0. The van der Waals surface area contributed by atoms with Gasteiger partial charge in [-0.1, -0.05) is 13.0 Å². The highest BCUT2D eigenvalue weighted by molar-refractivity contribution is 6.05. The Morgan fingerprint density at radius 2 is 1.88 bits per heavy atom. The fourth-order valence-corrected chi connectivity index (χ4v) is 4.23. The molecule has 33 heavy (non-hydrogen) atoms. The Bertz CT molecular complexity index is 1180. The third-order valence-corrected chi connectivity index (χ3v) is 6.32. The topological polar surface area (TPSA) is 69.0 Å². The Hall–Kier alpha value is -3.10. The monoisotopic (exact) mass is 458 g/mol. The van der Waals surface area contributed by atoms with Crippen LogP contribution >= 0.6 is 0 Å². The SMILES string of the molecule is CC1CCC(n2cc3cc(NC(=O)c4cccc(C(F)(F)F)n4)c(OC4CC4)cc3n2)CC1. The van der Waals surface area contributed by atoms with Crippen LogP contribution in [0.4, 0.5) is 18.9 Å². The Morgan fingerprint density at radius 3 is 2.58 bits per heavy atom. The fourth-order valence-electron chi connectivity index (χ4n) is 4.23. The van der Waals surface area contributed by atoms with Crippen LogP contribution in [-0.4, -0.2) is 26.8 Å². The minimum absolute atomic E-state index is 0.0757. The number of hydrogen-bond acceptors (Lipinski definition) is 4. The summed E-state index contributed by atoms with van der Waals surface area (Å²) >= 11 is 0. The molecule has 1 amide bonds. The summed E-state index contributed by atoms with van der Waals surface area (Å²) in [5, 5.41) is 8.29. The quantitative estimate of drug-likeness (QED) is 0.510. The zero-order chi connectivity index (χ0) is 23.2. The molecule has 2 heterocycles. The first-order valence-electron chi connectivity index (χ1n) is 11.3. The van der Waals surface area contributed by atoms with Crippen molar-refractivity contribution in [1.82, 2.24) is 14.8 Å². The van der Waals surface area contributed by atoms with E-state index >= 15 is 0 Å². The zero-order valence-corrected chi connectivity index (χ0v) is 18.2. The van der Waals surface area contributed by atoms with Gasteiger partial charge >= 0.3 is 6.18 Å². The number of nitrogens with zero attached hydrogens (tertiary/aromatic N) is 3. The molecule has 174 valence electrons. The van der Waals surface area contributed by atoms with E-state index in [0.29, 0.717) is 17.5 Å². The first-order valence-corrected chi connectivity index (χ1v) is 11.3. The van der Waals surface area contributed by atoms with Crippen LogP contribution in [0.1, 0.15) is 67.7 Å². The Morgan fingerprint density at radius 1 is 1.12 bits per heavy atom. The molecular formula is C24H25F3N4O2. The standard InChI is InChI=1S/C24H25F3N4O2/c1-14-5-7-16(8-6-14)31-13-15-11-20(21(12-19(15)30-31)33-17-9-10-17)29-23(32)18-3-2-4-22(28-18)24(25,26)27/h2-4,11-14,16-17H,5-10H2,1H3,(H,29,32). The van der Waals surface area contributed by atoms with Gasteiger partial charge in [0, 0.05) is 17.6 Å². The summed E-state index contributed by atoms with van der Waals surface area (Å²) in [6.07, 6.45) is 3.76. The van der Waals surface area contributed by atoms with Crippen LogP contribution < -0.4 is 10.1 Å². The number of hydrogen-bond donors (Lipinski definition) is 1. The number of pyridine rings is 1. The number of halogens is 3. The molecule has 5 rings (SSSR count). The van der Waals surface area contributed by atoms with Crippen molar-refractivity contribution in [2.75, 3.05) is 5.32 Å². The number of benzene rings is 1. The highest BCUT2D eigenvalue weighted by atomic mass is 19.4. The van der Waals surface area contributed by atoms with E-state index in [-0.39, 0.29) is 11.8 Å². The van der Waals surface area contributed by atoms with Crippen LogP contribution in [-0.2, 0) is 6.18 Å². The van der Waals surface area contributed by atoms with Crippen LogP contribution in [0.25, 0.3) is 10.9 Å². The number of amides is 1. The molecule has 1 aromatic carbocycles. The lowest BCUT2D eigenvalue weighted by atomic mass is 9.87. The smallest absolute Gasteiger partial charge is 0.433 e. The van der Waals surface area contributed by atoms with Crippen molar-refractivity contribution in [1.29, 1.82) is 0 Å². The molecule has 2 aromatic heterocycles. The highest BCUT2D eigenvalue weighted by Gasteiger charge is 2.33. The number of ether oxygens (including phenoxy) is 1. The number of anilines is 1. The predicted octanol–water partition coefficient (Wildman–Crippen LogP) is 5.99. The van der Waals surface area contributed by atoms with E-state index in [2.05, 4.69) is 17.2 Å². The molecule has 2 aliphatic carbocycles. The first-order chi connectivity index (χ1) is 15.8. The second kappa shape index (κ2) is 8.35. The van der Waals surface area contributed by atoms with Gasteiger partial charge in [0.2, 0.25) is 0 Å². The summed E-state index contributed by atoms with van der Waals surface area (Å²) in [4.78, 5) is 16.2. The molecule has 6 nitrogen and oxygen atoms in total. The Kier molecular flexibility index (Phi) is 5.50. The molecular weight excluding hydrogens is 433 g/mol. The van der Waals surface area contributed by atoms with E-state index in [9.17, 15) is 18.0 Å². The van der Waals surface area contributed by atoms with Crippen LogP contribution in [0, 0.1) is 5.92 Å². The molecule has 2 saturated carbocycles. The summed E-state index contributed by atoms with van der Waals surface area (Å²) in [6.45, 7) is 2.27. The van der Waals surface area contributed by atoms with Gasteiger partial charge in [-0.3, -0.25) is 9.48 Å². The van der Waals surface area contributed by atoms with Crippen molar-refractivity contribution in [3.8, 4) is 5.75 Å². The average Bonchev–Trinajstić information content (AvgIpc) is 3.50. The van der Waals surface area contributed by atoms with Gasteiger partial charge in [0.15, 0.2) is 0 Å². The summed E-state index contributed by atoms with van der Waals surface area (Å²) in [5.41, 5.74) is -0.257. The molecule has 2 fully saturated rings. The maximum absolute atomic E-state index is 13.0. The van der Waals surface area contributed by atoms with E-state index in [0.717, 1.165) is 48.6 Å². The highest BCUT2D eigenvalue weighted by Crippen LogP contribution is 2.37. The van der Waals surface area contributed by atoms with E-state index < -0.39 is 17.8 Å². The molecule has 0 aliphatic heterocycles.